The summed E-state index contributed by atoms with van der Waals surface area (Å²) in [4.78, 5) is 21.3. The van der Waals surface area contributed by atoms with Crippen LogP contribution in [0.5, 0.6) is 0 Å². The van der Waals surface area contributed by atoms with Crippen LogP contribution in [0, 0.1) is 0 Å². The van der Waals surface area contributed by atoms with E-state index in [2.05, 4.69) is 4.74 Å². The Bertz CT molecular complexity index is 295. The highest BCUT2D eigenvalue weighted by molar-refractivity contribution is 5.66. The highest BCUT2D eigenvalue weighted by Gasteiger charge is 2.41. The number of ether oxygens (including phenoxy) is 3. The molecule has 0 spiro atoms. The summed E-state index contributed by atoms with van der Waals surface area (Å²) in [6.45, 7) is 2.00. The van der Waals surface area contributed by atoms with Gasteiger partial charge in [-0.2, -0.15) is 0 Å². The lowest BCUT2D eigenvalue weighted by molar-refractivity contribution is -0.233. The molecule has 1 rings (SSSR count). The van der Waals surface area contributed by atoms with Gasteiger partial charge >= 0.3 is 11.9 Å². The number of hydrogen-bond donors (Lipinski definition) is 1. The molecule has 17 heavy (non-hydrogen) atoms. The second-order valence-electron chi connectivity index (χ2n) is 3.76. The Morgan fingerprint density at radius 3 is 2.59 bits per heavy atom. The highest BCUT2D eigenvalue weighted by atomic mass is 19.1. The summed E-state index contributed by atoms with van der Waals surface area (Å²) in [5.74, 6) is -1.22. The van der Waals surface area contributed by atoms with E-state index in [-0.39, 0.29) is 13.0 Å². The molecule has 0 aromatic rings. The zero-order valence-electron chi connectivity index (χ0n) is 9.59. The lowest BCUT2D eigenvalue weighted by Gasteiger charge is -2.34. The molecule has 0 aliphatic carbocycles. The van der Waals surface area contributed by atoms with Gasteiger partial charge in [0.2, 0.25) is 0 Å². The Kier molecular flexibility index (Phi) is 4.83. The van der Waals surface area contributed by atoms with E-state index in [0.717, 1.165) is 6.92 Å². The number of esters is 2. The van der Waals surface area contributed by atoms with Crippen molar-refractivity contribution in [2.75, 3.05) is 6.61 Å². The van der Waals surface area contributed by atoms with E-state index in [1.54, 1.807) is 0 Å². The van der Waals surface area contributed by atoms with E-state index in [0.29, 0.717) is 0 Å². The van der Waals surface area contributed by atoms with Crippen molar-refractivity contribution in [1.29, 1.82) is 0 Å². The van der Waals surface area contributed by atoms with E-state index in [4.69, 9.17) is 9.47 Å². The van der Waals surface area contributed by atoms with E-state index in [1.807, 2.05) is 0 Å². The zero-order valence-corrected chi connectivity index (χ0v) is 9.59. The Labute approximate surface area is 97.6 Å². The summed E-state index contributed by atoms with van der Waals surface area (Å²) in [5.41, 5.74) is 0. The molecule has 98 valence electrons. The monoisotopic (exact) mass is 250 g/mol. The molecule has 7 heteroatoms. The smallest absolute Gasteiger partial charge is 0.303 e. The minimum absolute atomic E-state index is 0.142. The summed E-state index contributed by atoms with van der Waals surface area (Å²) in [7, 11) is 0. The van der Waals surface area contributed by atoms with E-state index >= 15 is 0 Å². The molecule has 0 amide bonds. The van der Waals surface area contributed by atoms with Crippen LogP contribution < -0.4 is 0 Å². The third-order valence-corrected chi connectivity index (χ3v) is 2.24. The number of rotatable bonds is 3. The fourth-order valence-corrected chi connectivity index (χ4v) is 1.56. The van der Waals surface area contributed by atoms with Crippen LogP contribution >= 0.6 is 0 Å². The maximum Gasteiger partial charge on any atom is 0.303 e. The molecule has 0 radical (unpaired) electrons. The first kappa shape index (κ1) is 13.9. The third-order valence-electron chi connectivity index (χ3n) is 2.24. The number of halogens is 1. The number of carbonyl (C=O) groups excluding carboxylic acids is 2. The molecule has 1 aliphatic heterocycles. The summed E-state index contributed by atoms with van der Waals surface area (Å²) < 4.78 is 28.0. The van der Waals surface area contributed by atoms with Gasteiger partial charge in [0.15, 0.2) is 12.5 Å². The largest absolute Gasteiger partial charge is 0.463 e. The van der Waals surface area contributed by atoms with Gasteiger partial charge in [-0.3, -0.25) is 9.59 Å². The molecule has 1 unspecified atom stereocenters. The molecule has 1 saturated heterocycles. The van der Waals surface area contributed by atoms with Crippen LogP contribution in [0.1, 0.15) is 20.3 Å². The Morgan fingerprint density at radius 1 is 1.41 bits per heavy atom. The van der Waals surface area contributed by atoms with Gasteiger partial charge in [0.25, 0.3) is 0 Å². The summed E-state index contributed by atoms with van der Waals surface area (Å²) >= 11 is 0. The van der Waals surface area contributed by atoms with Crippen LogP contribution in [0.25, 0.3) is 0 Å². The van der Waals surface area contributed by atoms with Gasteiger partial charge in [-0.25, -0.2) is 4.39 Å². The fourth-order valence-electron chi connectivity index (χ4n) is 1.56. The SMILES string of the molecule is CC(=O)OC[C@H]1OC(O)C[C@@H](OC(C)=O)[C@@H]1F. The van der Waals surface area contributed by atoms with E-state index in [1.165, 1.54) is 6.92 Å². The van der Waals surface area contributed by atoms with Crippen LogP contribution in [0.4, 0.5) is 4.39 Å². The zero-order chi connectivity index (χ0) is 13.0. The summed E-state index contributed by atoms with van der Waals surface area (Å²) in [6.07, 6.45) is -5.24. The predicted molar refractivity (Wildman–Crippen MR) is 52.6 cm³/mol. The molecule has 6 nitrogen and oxygen atoms in total. The van der Waals surface area contributed by atoms with Crippen LogP contribution in [0.3, 0.4) is 0 Å². The van der Waals surface area contributed by atoms with Crippen LogP contribution in [-0.2, 0) is 23.8 Å². The minimum atomic E-state index is -1.64. The van der Waals surface area contributed by atoms with Crippen molar-refractivity contribution in [2.24, 2.45) is 0 Å². The quantitative estimate of drug-likeness (QED) is 0.706. The maximum absolute atomic E-state index is 13.8. The van der Waals surface area contributed by atoms with Gasteiger partial charge < -0.3 is 19.3 Å². The Hall–Kier alpha value is -1.21. The van der Waals surface area contributed by atoms with Crippen molar-refractivity contribution in [3.05, 3.63) is 0 Å². The lowest BCUT2D eigenvalue weighted by atomic mass is 10.0. The van der Waals surface area contributed by atoms with Crippen LogP contribution in [0.15, 0.2) is 0 Å². The van der Waals surface area contributed by atoms with Gasteiger partial charge in [0, 0.05) is 20.3 Å². The lowest BCUT2D eigenvalue weighted by Crippen LogP contribution is -2.49. The van der Waals surface area contributed by atoms with Crippen LogP contribution in [0.2, 0.25) is 0 Å². The molecule has 1 N–H and O–H groups in total. The van der Waals surface area contributed by atoms with E-state index in [9.17, 15) is 19.1 Å². The number of alkyl halides is 1. The molecule has 1 aliphatic rings. The van der Waals surface area contributed by atoms with Gasteiger partial charge in [0.05, 0.1) is 0 Å². The molecular weight excluding hydrogens is 235 g/mol. The number of aliphatic hydroxyl groups excluding tert-OH is 1. The standard InChI is InChI=1S/C10H15FO6/c1-5(12)15-4-8-10(11)7(16-6(2)13)3-9(14)17-8/h7-10,14H,3-4H2,1-2H3/t7-,8-,9?,10+/m1/s1. The number of hydrogen-bond acceptors (Lipinski definition) is 6. The van der Waals surface area contributed by atoms with Gasteiger partial charge in [-0.15, -0.1) is 0 Å². The number of aliphatic hydroxyl groups is 1. The molecule has 0 saturated carbocycles. The van der Waals surface area contributed by atoms with Gasteiger partial charge in [0.1, 0.15) is 18.8 Å². The van der Waals surface area contributed by atoms with Crippen molar-refractivity contribution in [2.45, 2.75) is 44.9 Å². The van der Waals surface area contributed by atoms with Crippen molar-refractivity contribution in [1.82, 2.24) is 0 Å². The second-order valence-corrected chi connectivity index (χ2v) is 3.76. The van der Waals surface area contributed by atoms with Crippen molar-refractivity contribution in [3.63, 3.8) is 0 Å². The second kappa shape index (κ2) is 5.92. The van der Waals surface area contributed by atoms with Crippen molar-refractivity contribution in [3.8, 4) is 0 Å². The molecular formula is C10H15FO6. The summed E-state index contributed by atoms with van der Waals surface area (Å²) in [5, 5.41) is 9.33. The third kappa shape index (κ3) is 4.27. The summed E-state index contributed by atoms with van der Waals surface area (Å²) in [6, 6.07) is 0. The normalized spacial score (nSPS) is 32.9. The fraction of sp³-hybridized carbons (Fsp3) is 0.800. The maximum atomic E-state index is 13.8. The minimum Gasteiger partial charge on any atom is -0.463 e. The molecule has 0 aromatic heterocycles. The van der Waals surface area contributed by atoms with Crippen molar-refractivity contribution >= 4 is 11.9 Å². The first-order chi connectivity index (χ1) is 7.90. The molecule has 1 fully saturated rings. The number of carbonyl (C=O) groups is 2. The molecule has 0 aromatic carbocycles. The topological polar surface area (TPSA) is 82.1 Å². The highest BCUT2D eigenvalue weighted by Crippen LogP contribution is 2.24. The molecule has 0 bridgehead atoms. The van der Waals surface area contributed by atoms with Crippen LogP contribution in [-0.4, -0.2) is 48.3 Å². The average Bonchev–Trinajstić information content (AvgIpc) is 2.19. The molecule has 4 atom stereocenters. The molecule has 1 heterocycles. The van der Waals surface area contributed by atoms with E-state index < -0.39 is 36.6 Å². The van der Waals surface area contributed by atoms with Crippen molar-refractivity contribution < 1.29 is 33.3 Å². The Balaban J connectivity index is 2.57. The first-order valence-corrected chi connectivity index (χ1v) is 5.18. The first-order valence-electron chi connectivity index (χ1n) is 5.18. The predicted octanol–water partition coefficient (Wildman–Crippen LogP) is -0.0734. The Morgan fingerprint density at radius 2 is 2.06 bits per heavy atom. The average molecular weight is 250 g/mol. The van der Waals surface area contributed by atoms with Gasteiger partial charge in [-0.1, -0.05) is 0 Å². The van der Waals surface area contributed by atoms with Gasteiger partial charge in [-0.05, 0) is 0 Å².